The Morgan fingerprint density at radius 1 is 1.32 bits per heavy atom. The predicted octanol–water partition coefficient (Wildman–Crippen LogP) is 4.23. The van der Waals surface area contributed by atoms with Crippen molar-refractivity contribution in [3.8, 4) is 11.3 Å². The van der Waals surface area contributed by atoms with E-state index in [0.717, 1.165) is 5.56 Å². The van der Waals surface area contributed by atoms with Gasteiger partial charge in [0.1, 0.15) is 5.56 Å². The zero-order valence-corrected chi connectivity index (χ0v) is 11.7. The molecule has 0 saturated heterocycles. The van der Waals surface area contributed by atoms with Crippen molar-refractivity contribution in [2.75, 3.05) is 6.61 Å². The smallest absolute Gasteiger partial charge is 0.341 e. The lowest BCUT2D eigenvalue weighted by molar-refractivity contribution is 0.0527. The molecule has 0 amide bonds. The van der Waals surface area contributed by atoms with E-state index in [9.17, 15) is 4.79 Å². The number of carbonyl (C=O) groups excluding carboxylic acids is 1. The predicted molar refractivity (Wildman–Crippen MR) is 75.6 cm³/mol. The van der Waals surface area contributed by atoms with Crippen molar-refractivity contribution in [1.82, 2.24) is 4.98 Å². The summed E-state index contributed by atoms with van der Waals surface area (Å²) in [6.45, 7) is 2.01. The van der Waals surface area contributed by atoms with Gasteiger partial charge in [0.05, 0.1) is 17.3 Å². The number of aromatic nitrogens is 1. The molecule has 0 fully saturated rings. The number of ether oxygens (including phenoxy) is 1. The molecule has 0 N–H and O–H groups in total. The zero-order chi connectivity index (χ0) is 13.8. The summed E-state index contributed by atoms with van der Waals surface area (Å²) in [6, 6.07) is 8.63. The maximum atomic E-state index is 12.0. The van der Waals surface area contributed by atoms with Gasteiger partial charge in [-0.05, 0) is 25.1 Å². The summed E-state index contributed by atoms with van der Waals surface area (Å²) < 4.78 is 5.00. The molecule has 0 bridgehead atoms. The highest BCUT2D eigenvalue weighted by molar-refractivity contribution is 6.34. The van der Waals surface area contributed by atoms with Crippen LogP contribution >= 0.6 is 23.2 Å². The minimum absolute atomic E-state index is 0.258. The number of hydrogen-bond acceptors (Lipinski definition) is 3. The van der Waals surface area contributed by atoms with Gasteiger partial charge in [-0.2, -0.15) is 0 Å². The standard InChI is InChI=1S/C14H11Cl2NO2/c1-2-19-14(18)12-11(16)6-7-17-13(12)9-4-3-5-10(15)8-9/h3-8H,2H2,1H3. The maximum absolute atomic E-state index is 12.0. The summed E-state index contributed by atoms with van der Waals surface area (Å²) in [5.41, 5.74) is 1.44. The van der Waals surface area contributed by atoms with Gasteiger partial charge in [0.2, 0.25) is 0 Å². The summed E-state index contributed by atoms with van der Waals surface area (Å²) in [4.78, 5) is 16.2. The van der Waals surface area contributed by atoms with Crippen LogP contribution in [0.1, 0.15) is 17.3 Å². The molecule has 0 unspecified atom stereocenters. The van der Waals surface area contributed by atoms with Gasteiger partial charge in [-0.3, -0.25) is 4.98 Å². The van der Waals surface area contributed by atoms with Crippen LogP contribution in [0, 0.1) is 0 Å². The fourth-order valence-electron chi connectivity index (χ4n) is 1.69. The van der Waals surface area contributed by atoms with Crippen LogP contribution in [-0.2, 0) is 4.74 Å². The van der Waals surface area contributed by atoms with Crippen molar-refractivity contribution in [3.05, 3.63) is 52.1 Å². The SMILES string of the molecule is CCOC(=O)c1c(Cl)ccnc1-c1cccc(Cl)c1. The first-order valence-corrected chi connectivity index (χ1v) is 6.46. The number of hydrogen-bond donors (Lipinski definition) is 0. The molecule has 2 aromatic rings. The van der Waals surface area contributed by atoms with Crippen molar-refractivity contribution in [2.45, 2.75) is 6.92 Å². The molecule has 19 heavy (non-hydrogen) atoms. The normalized spacial score (nSPS) is 10.3. The second-order valence-corrected chi connectivity index (χ2v) is 4.59. The molecule has 5 heteroatoms. The number of esters is 1. The number of benzene rings is 1. The van der Waals surface area contributed by atoms with Crippen LogP contribution in [0.3, 0.4) is 0 Å². The molecule has 1 aromatic heterocycles. The first kappa shape index (κ1) is 13.8. The van der Waals surface area contributed by atoms with Crippen LogP contribution in [-0.4, -0.2) is 17.6 Å². The quantitative estimate of drug-likeness (QED) is 0.796. The van der Waals surface area contributed by atoms with Crippen LogP contribution in [0.15, 0.2) is 36.5 Å². The van der Waals surface area contributed by atoms with E-state index in [1.165, 1.54) is 0 Å². The van der Waals surface area contributed by atoms with Crippen LogP contribution < -0.4 is 0 Å². The molecule has 0 saturated carbocycles. The highest BCUT2D eigenvalue weighted by Crippen LogP contribution is 2.29. The van der Waals surface area contributed by atoms with Gasteiger partial charge in [-0.1, -0.05) is 35.3 Å². The second kappa shape index (κ2) is 6.04. The lowest BCUT2D eigenvalue weighted by Crippen LogP contribution is -2.08. The Kier molecular flexibility index (Phi) is 4.40. The monoisotopic (exact) mass is 295 g/mol. The molecule has 3 nitrogen and oxygen atoms in total. The molecular formula is C14H11Cl2NO2. The molecule has 0 radical (unpaired) electrons. The molecule has 0 aliphatic rings. The third-order valence-electron chi connectivity index (χ3n) is 2.48. The van der Waals surface area contributed by atoms with Gasteiger partial charge in [0.25, 0.3) is 0 Å². The maximum Gasteiger partial charge on any atom is 0.341 e. The number of nitrogens with zero attached hydrogens (tertiary/aromatic N) is 1. The number of halogens is 2. The summed E-state index contributed by atoms with van der Waals surface area (Å²) in [7, 11) is 0. The second-order valence-electron chi connectivity index (χ2n) is 3.75. The molecule has 1 heterocycles. The number of rotatable bonds is 3. The van der Waals surface area contributed by atoms with Crippen LogP contribution in [0.4, 0.5) is 0 Å². The van der Waals surface area contributed by atoms with Crippen LogP contribution in [0.5, 0.6) is 0 Å². The Morgan fingerprint density at radius 2 is 2.11 bits per heavy atom. The Morgan fingerprint density at radius 3 is 2.79 bits per heavy atom. The highest BCUT2D eigenvalue weighted by atomic mass is 35.5. The van der Waals surface area contributed by atoms with Crippen molar-refractivity contribution < 1.29 is 9.53 Å². The zero-order valence-electron chi connectivity index (χ0n) is 10.2. The third-order valence-corrected chi connectivity index (χ3v) is 3.03. The van der Waals surface area contributed by atoms with E-state index < -0.39 is 5.97 Å². The van der Waals surface area contributed by atoms with E-state index in [2.05, 4.69) is 4.98 Å². The Labute approximate surface area is 121 Å². The lowest BCUT2D eigenvalue weighted by atomic mass is 10.1. The first-order valence-electron chi connectivity index (χ1n) is 5.71. The molecule has 0 spiro atoms. The van der Waals surface area contributed by atoms with E-state index in [1.807, 2.05) is 6.07 Å². The highest BCUT2D eigenvalue weighted by Gasteiger charge is 2.19. The van der Waals surface area contributed by atoms with Gasteiger partial charge in [-0.15, -0.1) is 0 Å². The van der Waals surface area contributed by atoms with E-state index in [-0.39, 0.29) is 12.2 Å². The Bertz CT molecular complexity index is 614. The van der Waals surface area contributed by atoms with Crippen molar-refractivity contribution in [3.63, 3.8) is 0 Å². The molecule has 0 atom stereocenters. The number of carbonyl (C=O) groups is 1. The van der Waals surface area contributed by atoms with Crippen LogP contribution in [0.25, 0.3) is 11.3 Å². The van der Waals surface area contributed by atoms with Gasteiger partial charge in [0.15, 0.2) is 0 Å². The first-order chi connectivity index (χ1) is 9.13. The third kappa shape index (κ3) is 3.06. The minimum atomic E-state index is -0.490. The average molecular weight is 296 g/mol. The fraction of sp³-hybridized carbons (Fsp3) is 0.143. The fourth-order valence-corrected chi connectivity index (χ4v) is 2.10. The topological polar surface area (TPSA) is 39.2 Å². The van der Waals surface area contributed by atoms with Gasteiger partial charge in [-0.25, -0.2) is 4.79 Å². The van der Waals surface area contributed by atoms with Crippen molar-refractivity contribution in [2.24, 2.45) is 0 Å². The molecule has 2 rings (SSSR count). The van der Waals surface area contributed by atoms with Crippen molar-refractivity contribution in [1.29, 1.82) is 0 Å². The van der Waals surface area contributed by atoms with E-state index >= 15 is 0 Å². The molecule has 1 aromatic carbocycles. The summed E-state index contributed by atoms with van der Waals surface area (Å²) in [5, 5.41) is 0.873. The molecule has 0 aliphatic heterocycles. The minimum Gasteiger partial charge on any atom is -0.462 e. The summed E-state index contributed by atoms with van der Waals surface area (Å²) in [5.74, 6) is -0.490. The van der Waals surface area contributed by atoms with E-state index in [1.54, 1.807) is 37.4 Å². The summed E-state index contributed by atoms with van der Waals surface area (Å²) >= 11 is 12.0. The van der Waals surface area contributed by atoms with E-state index in [4.69, 9.17) is 27.9 Å². The Hall–Kier alpha value is -1.58. The summed E-state index contributed by atoms with van der Waals surface area (Å²) in [6.07, 6.45) is 1.54. The van der Waals surface area contributed by atoms with Gasteiger partial charge >= 0.3 is 5.97 Å². The molecule has 0 aliphatic carbocycles. The van der Waals surface area contributed by atoms with Crippen LogP contribution in [0.2, 0.25) is 10.0 Å². The molecular weight excluding hydrogens is 285 g/mol. The molecule has 98 valence electrons. The average Bonchev–Trinajstić information content (AvgIpc) is 2.38. The van der Waals surface area contributed by atoms with Gasteiger partial charge in [0, 0.05) is 16.8 Å². The number of pyridine rings is 1. The van der Waals surface area contributed by atoms with E-state index in [0.29, 0.717) is 15.7 Å². The Balaban J connectivity index is 2.57. The van der Waals surface area contributed by atoms with Crippen molar-refractivity contribution >= 4 is 29.2 Å². The largest absolute Gasteiger partial charge is 0.462 e. The van der Waals surface area contributed by atoms with Gasteiger partial charge < -0.3 is 4.74 Å². The lowest BCUT2D eigenvalue weighted by Gasteiger charge is -2.09.